The number of nitrogens with zero attached hydrogens (tertiary/aromatic N) is 2. The lowest BCUT2D eigenvalue weighted by Gasteiger charge is -2.31. The molecule has 3 rings (SSSR count). The second-order valence-corrected chi connectivity index (χ2v) is 5.54. The Labute approximate surface area is 131 Å². The van der Waals surface area contributed by atoms with Gasteiger partial charge in [0.1, 0.15) is 5.69 Å². The fourth-order valence-electron chi connectivity index (χ4n) is 2.84. The van der Waals surface area contributed by atoms with Crippen LogP contribution in [0.3, 0.4) is 0 Å². The molecule has 1 aliphatic heterocycles. The highest BCUT2D eigenvalue weighted by atomic mass is 16.1. The monoisotopic (exact) mass is 295 g/mol. The van der Waals surface area contributed by atoms with Crippen molar-refractivity contribution in [1.29, 1.82) is 0 Å². The van der Waals surface area contributed by atoms with E-state index in [0.717, 1.165) is 31.5 Å². The maximum atomic E-state index is 12.1. The van der Waals surface area contributed by atoms with Gasteiger partial charge in [-0.05, 0) is 43.0 Å². The van der Waals surface area contributed by atoms with Crippen molar-refractivity contribution < 1.29 is 4.79 Å². The van der Waals surface area contributed by atoms with E-state index < -0.39 is 0 Å². The van der Waals surface area contributed by atoms with Gasteiger partial charge in [-0.25, -0.2) is 0 Å². The van der Waals surface area contributed by atoms with Gasteiger partial charge in [-0.15, -0.1) is 0 Å². The molecule has 1 aromatic heterocycles. The highest BCUT2D eigenvalue weighted by Crippen LogP contribution is 2.33. The Kier molecular flexibility index (Phi) is 4.37. The highest BCUT2D eigenvalue weighted by Gasteiger charge is 2.18. The first-order valence-corrected chi connectivity index (χ1v) is 7.89. The minimum Gasteiger partial charge on any atom is -0.351 e. The smallest absolute Gasteiger partial charge is 0.269 e. The van der Waals surface area contributed by atoms with Gasteiger partial charge in [-0.1, -0.05) is 25.1 Å². The number of aromatic nitrogens is 1. The van der Waals surface area contributed by atoms with Gasteiger partial charge in [0.25, 0.3) is 5.91 Å². The van der Waals surface area contributed by atoms with Crippen molar-refractivity contribution in [2.24, 2.45) is 0 Å². The number of amides is 1. The summed E-state index contributed by atoms with van der Waals surface area (Å²) in [5.74, 6) is -0.103. The largest absolute Gasteiger partial charge is 0.351 e. The van der Waals surface area contributed by atoms with E-state index in [1.54, 1.807) is 6.20 Å². The van der Waals surface area contributed by atoms with E-state index in [0.29, 0.717) is 12.2 Å². The van der Waals surface area contributed by atoms with Gasteiger partial charge in [-0.3, -0.25) is 9.78 Å². The molecule has 0 atom stereocenters. The van der Waals surface area contributed by atoms with Crippen LogP contribution < -0.4 is 10.2 Å². The molecule has 0 bridgehead atoms. The molecule has 22 heavy (non-hydrogen) atoms. The molecule has 1 amide bonds. The maximum Gasteiger partial charge on any atom is 0.269 e. The molecule has 1 aromatic carbocycles. The van der Waals surface area contributed by atoms with Crippen LogP contribution in [0.5, 0.6) is 0 Å². The Bertz CT molecular complexity index is 669. The molecule has 1 N–H and O–H groups in total. The number of carbonyl (C=O) groups is 1. The van der Waals surface area contributed by atoms with Crippen molar-refractivity contribution in [2.45, 2.75) is 26.2 Å². The summed E-state index contributed by atoms with van der Waals surface area (Å²) in [6.07, 6.45) is 4.87. The number of anilines is 2. The third kappa shape index (κ3) is 2.96. The van der Waals surface area contributed by atoms with Gasteiger partial charge in [0.2, 0.25) is 0 Å². The Morgan fingerprint density at radius 1 is 1.32 bits per heavy atom. The molecule has 2 heterocycles. The predicted octanol–water partition coefficient (Wildman–Crippen LogP) is 3.31. The molecule has 1 aliphatic rings. The first kappa shape index (κ1) is 14.6. The summed E-state index contributed by atoms with van der Waals surface area (Å²) in [5, 5.41) is 2.88. The van der Waals surface area contributed by atoms with Crippen molar-refractivity contribution in [3.63, 3.8) is 0 Å². The number of rotatable bonds is 4. The molecule has 0 spiro atoms. The minimum absolute atomic E-state index is 0.103. The van der Waals surface area contributed by atoms with Crippen molar-refractivity contribution >= 4 is 17.3 Å². The fourth-order valence-corrected chi connectivity index (χ4v) is 2.84. The maximum absolute atomic E-state index is 12.1. The molecule has 0 saturated carbocycles. The van der Waals surface area contributed by atoms with Crippen LogP contribution in [0.1, 0.15) is 35.8 Å². The summed E-state index contributed by atoms with van der Waals surface area (Å²) in [7, 11) is 0. The molecular formula is C18H21N3O. The van der Waals surface area contributed by atoms with Crippen molar-refractivity contribution in [3.05, 3.63) is 53.9 Å². The molecular weight excluding hydrogens is 274 g/mol. The zero-order valence-corrected chi connectivity index (χ0v) is 12.9. The standard InChI is InChI=1S/C18H21N3O/c1-2-10-20-18(22)16-13-15(9-11-19-16)21-12-5-7-14-6-3-4-8-17(14)21/h3-4,6,8-9,11,13H,2,5,7,10,12H2,1H3,(H,20,22). The first-order chi connectivity index (χ1) is 10.8. The van der Waals surface area contributed by atoms with E-state index in [9.17, 15) is 4.79 Å². The summed E-state index contributed by atoms with van der Waals surface area (Å²) in [5.41, 5.74) is 4.11. The summed E-state index contributed by atoms with van der Waals surface area (Å²) >= 11 is 0. The molecule has 4 nitrogen and oxygen atoms in total. The molecule has 114 valence electrons. The van der Waals surface area contributed by atoms with E-state index in [1.807, 2.05) is 19.1 Å². The second kappa shape index (κ2) is 6.60. The van der Waals surface area contributed by atoms with E-state index in [1.165, 1.54) is 11.3 Å². The van der Waals surface area contributed by atoms with Gasteiger partial charge < -0.3 is 10.2 Å². The number of hydrogen-bond donors (Lipinski definition) is 1. The number of hydrogen-bond acceptors (Lipinski definition) is 3. The van der Waals surface area contributed by atoms with Crippen LogP contribution in [0.25, 0.3) is 0 Å². The SMILES string of the molecule is CCCNC(=O)c1cc(N2CCCc3ccccc32)ccn1. The third-order valence-corrected chi connectivity index (χ3v) is 3.93. The topological polar surface area (TPSA) is 45.2 Å². The molecule has 0 aliphatic carbocycles. The zero-order chi connectivity index (χ0) is 15.4. The summed E-state index contributed by atoms with van der Waals surface area (Å²) in [4.78, 5) is 18.6. The van der Waals surface area contributed by atoms with Crippen molar-refractivity contribution in [3.8, 4) is 0 Å². The number of carbonyl (C=O) groups excluding carboxylic acids is 1. The van der Waals surface area contributed by atoms with Gasteiger partial charge in [0.05, 0.1) is 0 Å². The van der Waals surface area contributed by atoms with E-state index >= 15 is 0 Å². The summed E-state index contributed by atoms with van der Waals surface area (Å²) in [6, 6.07) is 12.3. The van der Waals surface area contributed by atoms with Crippen LogP contribution in [0, 0.1) is 0 Å². The molecule has 0 radical (unpaired) electrons. The number of pyridine rings is 1. The normalized spacial score (nSPS) is 13.6. The first-order valence-electron chi connectivity index (χ1n) is 7.89. The van der Waals surface area contributed by atoms with Crippen LogP contribution in [-0.2, 0) is 6.42 Å². The van der Waals surface area contributed by atoms with Crippen LogP contribution in [-0.4, -0.2) is 24.0 Å². The average molecular weight is 295 g/mol. The molecule has 0 saturated heterocycles. The second-order valence-electron chi connectivity index (χ2n) is 5.54. The minimum atomic E-state index is -0.103. The summed E-state index contributed by atoms with van der Waals surface area (Å²) < 4.78 is 0. The summed E-state index contributed by atoms with van der Waals surface area (Å²) in [6.45, 7) is 3.68. The van der Waals surface area contributed by atoms with E-state index in [-0.39, 0.29) is 5.91 Å². The third-order valence-electron chi connectivity index (χ3n) is 3.93. The number of benzene rings is 1. The van der Waals surface area contributed by atoms with E-state index in [2.05, 4.69) is 39.5 Å². The quantitative estimate of drug-likeness (QED) is 0.941. The lowest BCUT2D eigenvalue weighted by atomic mass is 10.0. The highest BCUT2D eigenvalue weighted by molar-refractivity contribution is 5.93. The number of aryl methyl sites for hydroxylation is 1. The van der Waals surface area contributed by atoms with Crippen LogP contribution in [0.4, 0.5) is 11.4 Å². The Balaban J connectivity index is 1.89. The molecule has 0 fully saturated rings. The lowest BCUT2D eigenvalue weighted by molar-refractivity contribution is 0.0948. The number of fused-ring (bicyclic) bond motifs is 1. The van der Waals surface area contributed by atoms with Gasteiger partial charge in [0, 0.05) is 30.7 Å². The lowest BCUT2D eigenvalue weighted by Crippen LogP contribution is -2.27. The van der Waals surface area contributed by atoms with Gasteiger partial charge >= 0.3 is 0 Å². The average Bonchev–Trinajstić information content (AvgIpc) is 2.59. The van der Waals surface area contributed by atoms with Crippen LogP contribution >= 0.6 is 0 Å². The predicted molar refractivity (Wildman–Crippen MR) is 88.6 cm³/mol. The Hall–Kier alpha value is -2.36. The van der Waals surface area contributed by atoms with Crippen molar-refractivity contribution in [2.75, 3.05) is 18.0 Å². The number of para-hydroxylation sites is 1. The number of nitrogens with one attached hydrogen (secondary N) is 1. The van der Waals surface area contributed by atoms with E-state index in [4.69, 9.17) is 0 Å². The molecule has 4 heteroatoms. The van der Waals surface area contributed by atoms with Crippen LogP contribution in [0.2, 0.25) is 0 Å². The van der Waals surface area contributed by atoms with Crippen LogP contribution in [0.15, 0.2) is 42.6 Å². The zero-order valence-electron chi connectivity index (χ0n) is 12.9. The molecule has 2 aromatic rings. The van der Waals surface area contributed by atoms with Gasteiger partial charge in [-0.2, -0.15) is 0 Å². The van der Waals surface area contributed by atoms with Gasteiger partial charge in [0.15, 0.2) is 0 Å². The fraction of sp³-hybridized carbons (Fsp3) is 0.333. The Morgan fingerprint density at radius 2 is 2.18 bits per heavy atom. The Morgan fingerprint density at radius 3 is 3.05 bits per heavy atom. The van der Waals surface area contributed by atoms with Crippen molar-refractivity contribution in [1.82, 2.24) is 10.3 Å². The molecule has 0 unspecified atom stereocenters.